The fourth-order valence-electron chi connectivity index (χ4n) is 1.98. The zero-order valence-electron chi connectivity index (χ0n) is 12.0. The quantitative estimate of drug-likeness (QED) is 0.751. The first-order valence-corrected chi connectivity index (χ1v) is 7.85. The molecule has 0 aliphatic heterocycles. The van der Waals surface area contributed by atoms with Crippen molar-refractivity contribution in [1.29, 1.82) is 0 Å². The summed E-state index contributed by atoms with van der Waals surface area (Å²) in [6.45, 7) is 3.24. The number of nitrogens with one attached hydrogen (secondary N) is 1. The van der Waals surface area contributed by atoms with Crippen LogP contribution in [0.5, 0.6) is 5.75 Å². The molecule has 0 radical (unpaired) electrons. The van der Waals surface area contributed by atoms with Gasteiger partial charge in [-0.1, -0.05) is 6.07 Å². The van der Waals surface area contributed by atoms with E-state index in [-0.39, 0.29) is 16.2 Å². The van der Waals surface area contributed by atoms with E-state index in [0.29, 0.717) is 16.8 Å². The molecular formula is C15H15NO5S. The van der Waals surface area contributed by atoms with Crippen molar-refractivity contribution < 1.29 is 23.4 Å². The van der Waals surface area contributed by atoms with Gasteiger partial charge in [-0.25, -0.2) is 13.2 Å². The van der Waals surface area contributed by atoms with Crippen LogP contribution in [-0.4, -0.2) is 24.6 Å². The van der Waals surface area contributed by atoms with Gasteiger partial charge < -0.3 is 10.2 Å². The van der Waals surface area contributed by atoms with Crippen molar-refractivity contribution in [3.63, 3.8) is 0 Å². The molecule has 0 amide bonds. The summed E-state index contributed by atoms with van der Waals surface area (Å²) in [7, 11) is -3.93. The predicted molar refractivity (Wildman–Crippen MR) is 81.8 cm³/mol. The molecule has 0 heterocycles. The van der Waals surface area contributed by atoms with Crippen molar-refractivity contribution in [2.75, 3.05) is 4.72 Å². The van der Waals surface area contributed by atoms with Crippen LogP contribution < -0.4 is 4.72 Å². The van der Waals surface area contributed by atoms with Crippen LogP contribution in [0.1, 0.15) is 21.5 Å². The van der Waals surface area contributed by atoms with Gasteiger partial charge in [-0.15, -0.1) is 0 Å². The van der Waals surface area contributed by atoms with Crippen molar-refractivity contribution in [3.8, 4) is 5.75 Å². The summed E-state index contributed by atoms with van der Waals surface area (Å²) in [5, 5.41) is 18.3. The van der Waals surface area contributed by atoms with Crippen LogP contribution >= 0.6 is 0 Å². The molecule has 0 saturated heterocycles. The van der Waals surface area contributed by atoms with E-state index in [2.05, 4.69) is 4.72 Å². The summed E-state index contributed by atoms with van der Waals surface area (Å²) < 4.78 is 27.3. The number of carboxylic acids is 1. The van der Waals surface area contributed by atoms with Gasteiger partial charge in [0, 0.05) is 0 Å². The molecule has 0 bridgehead atoms. The van der Waals surface area contributed by atoms with Crippen molar-refractivity contribution >= 4 is 21.7 Å². The number of benzene rings is 2. The largest absolute Gasteiger partial charge is 0.508 e. The third kappa shape index (κ3) is 3.20. The van der Waals surface area contributed by atoms with Gasteiger partial charge in [0.2, 0.25) is 0 Å². The lowest BCUT2D eigenvalue weighted by Crippen LogP contribution is -2.15. The lowest BCUT2D eigenvalue weighted by atomic mass is 10.1. The molecule has 2 rings (SSSR count). The van der Waals surface area contributed by atoms with Crippen LogP contribution in [0, 0.1) is 13.8 Å². The lowest BCUT2D eigenvalue weighted by Gasteiger charge is -2.13. The number of carboxylic acid groups (broad SMARTS) is 1. The molecule has 3 N–H and O–H groups in total. The zero-order chi connectivity index (χ0) is 16.5. The van der Waals surface area contributed by atoms with Gasteiger partial charge in [0.05, 0.1) is 16.1 Å². The second-order valence-corrected chi connectivity index (χ2v) is 6.54. The second kappa shape index (κ2) is 5.69. The number of aromatic carboxylic acids is 1. The molecule has 0 aromatic heterocycles. The molecule has 0 aliphatic rings. The standard InChI is InChI=1S/C15H15NO5S/c1-9-3-4-11(15(18)19)8-14(9)22(20,21)16-13-6-5-12(17)7-10(13)2/h3-8,16-17H,1-2H3,(H,18,19). The average Bonchev–Trinajstić information content (AvgIpc) is 2.42. The number of hydrogen-bond donors (Lipinski definition) is 3. The monoisotopic (exact) mass is 321 g/mol. The van der Waals surface area contributed by atoms with E-state index >= 15 is 0 Å². The predicted octanol–water partition coefficient (Wildman–Crippen LogP) is 2.51. The maximum atomic E-state index is 12.5. The first-order valence-electron chi connectivity index (χ1n) is 6.37. The molecule has 2 aromatic carbocycles. The SMILES string of the molecule is Cc1cc(O)ccc1NS(=O)(=O)c1cc(C(=O)O)ccc1C. The molecule has 7 heteroatoms. The summed E-state index contributed by atoms with van der Waals surface area (Å²) in [6.07, 6.45) is 0. The maximum absolute atomic E-state index is 12.5. The normalized spacial score (nSPS) is 11.2. The highest BCUT2D eigenvalue weighted by atomic mass is 32.2. The highest BCUT2D eigenvalue weighted by Crippen LogP contribution is 2.25. The molecule has 0 fully saturated rings. The molecule has 0 atom stereocenters. The van der Waals surface area contributed by atoms with Crippen molar-refractivity contribution in [3.05, 3.63) is 53.1 Å². The van der Waals surface area contributed by atoms with Gasteiger partial charge in [0.15, 0.2) is 0 Å². The first kappa shape index (κ1) is 15.8. The van der Waals surface area contributed by atoms with Gasteiger partial charge in [-0.3, -0.25) is 4.72 Å². The summed E-state index contributed by atoms with van der Waals surface area (Å²) >= 11 is 0. The smallest absolute Gasteiger partial charge is 0.335 e. The van der Waals surface area contributed by atoms with E-state index in [0.717, 1.165) is 6.07 Å². The number of aryl methyl sites for hydroxylation is 2. The van der Waals surface area contributed by atoms with Crippen LogP contribution in [0.25, 0.3) is 0 Å². The number of phenols is 1. The Morgan fingerprint density at radius 1 is 1.05 bits per heavy atom. The number of rotatable bonds is 4. The third-order valence-electron chi connectivity index (χ3n) is 3.18. The summed E-state index contributed by atoms with van der Waals surface area (Å²) in [6, 6.07) is 8.16. The van der Waals surface area contributed by atoms with Crippen LogP contribution in [-0.2, 0) is 10.0 Å². The molecule has 22 heavy (non-hydrogen) atoms. The van der Waals surface area contributed by atoms with Gasteiger partial charge in [-0.2, -0.15) is 0 Å². The minimum atomic E-state index is -3.93. The second-order valence-electron chi connectivity index (χ2n) is 4.89. The van der Waals surface area contributed by atoms with E-state index in [1.54, 1.807) is 13.8 Å². The molecule has 116 valence electrons. The highest BCUT2D eigenvalue weighted by molar-refractivity contribution is 7.92. The Balaban J connectivity index is 2.46. The Kier molecular flexibility index (Phi) is 4.09. The number of carbonyl (C=O) groups is 1. The Bertz CT molecular complexity index is 843. The van der Waals surface area contributed by atoms with Crippen LogP contribution in [0.15, 0.2) is 41.3 Å². The molecular weight excluding hydrogens is 306 g/mol. The van der Waals surface area contributed by atoms with Gasteiger partial charge in [-0.05, 0) is 55.3 Å². The first-order chi connectivity index (χ1) is 10.2. The molecule has 2 aromatic rings. The van der Waals surface area contributed by atoms with E-state index in [4.69, 9.17) is 5.11 Å². The van der Waals surface area contributed by atoms with Gasteiger partial charge >= 0.3 is 5.97 Å². The Labute approximate surface area is 128 Å². The molecule has 6 nitrogen and oxygen atoms in total. The van der Waals surface area contributed by atoms with E-state index in [1.165, 1.54) is 30.3 Å². The van der Waals surface area contributed by atoms with Crippen LogP contribution in [0.3, 0.4) is 0 Å². The molecule has 0 aliphatic carbocycles. The zero-order valence-corrected chi connectivity index (χ0v) is 12.8. The molecule has 0 unspecified atom stereocenters. The number of anilines is 1. The maximum Gasteiger partial charge on any atom is 0.335 e. The number of hydrogen-bond acceptors (Lipinski definition) is 4. The topological polar surface area (TPSA) is 104 Å². The minimum Gasteiger partial charge on any atom is -0.508 e. The van der Waals surface area contributed by atoms with Crippen molar-refractivity contribution in [2.24, 2.45) is 0 Å². The average molecular weight is 321 g/mol. The lowest BCUT2D eigenvalue weighted by molar-refractivity contribution is 0.0696. The van der Waals surface area contributed by atoms with Crippen LogP contribution in [0.2, 0.25) is 0 Å². The van der Waals surface area contributed by atoms with Crippen LogP contribution in [0.4, 0.5) is 5.69 Å². The van der Waals surface area contributed by atoms with Crippen molar-refractivity contribution in [1.82, 2.24) is 0 Å². The summed E-state index contributed by atoms with van der Waals surface area (Å²) in [5.41, 5.74) is 1.20. The van der Waals surface area contributed by atoms with E-state index in [1.807, 2.05) is 0 Å². The molecule has 0 saturated carbocycles. The Morgan fingerprint density at radius 3 is 2.32 bits per heavy atom. The van der Waals surface area contributed by atoms with Gasteiger partial charge in [0.25, 0.3) is 10.0 Å². The Hall–Kier alpha value is -2.54. The fourth-order valence-corrected chi connectivity index (χ4v) is 3.39. The fraction of sp³-hybridized carbons (Fsp3) is 0.133. The van der Waals surface area contributed by atoms with Gasteiger partial charge in [0.1, 0.15) is 5.75 Å². The number of sulfonamides is 1. The van der Waals surface area contributed by atoms with E-state index in [9.17, 15) is 18.3 Å². The Morgan fingerprint density at radius 2 is 1.73 bits per heavy atom. The number of aromatic hydroxyl groups is 1. The summed E-state index contributed by atoms with van der Waals surface area (Å²) in [4.78, 5) is 10.9. The third-order valence-corrected chi connectivity index (χ3v) is 4.69. The number of phenolic OH excluding ortho intramolecular Hbond substituents is 1. The highest BCUT2D eigenvalue weighted by Gasteiger charge is 2.20. The molecule has 0 spiro atoms. The van der Waals surface area contributed by atoms with E-state index < -0.39 is 16.0 Å². The minimum absolute atomic E-state index is 0.0319. The summed E-state index contributed by atoms with van der Waals surface area (Å²) in [5.74, 6) is -1.17. The van der Waals surface area contributed by atoms with Crippen molar-refractivity contribution in [2.45, 2.75) is 18.7 Å².